The van der Waals surface area contributed by atoms with Crippen LogP contribution in [0.1, 0.15) is 120 Å². The third-order valence-corrected chi connectivity index (χ3v) is 7.48. The number of nitrogens with zero attached hydrogens (tertiary/aromatic N) is 3. The van der Waals surface area contributed by atoms with E-state index in [1.165, 1.54) is 0 Å². The molecule has 4 heterocycles. The summed E-state index contributed by atoms with van der Waals surface area (Å²) in [6, 6.07) is 6.93. The number of nitrogens with one attached hydrogen (secondary N) is 1. The summed E-state index contributed by atoms with van der Waals surface area (Å²) in [7, 11) is 0. The molecule has 0 aliphatic carbocycles. The minimum Gasteiger partial charge on any atom is -0.456 e. The number of fused-ring (bicyclic) bond motifs is 2. The van der Waals surface area contributed by atoms with Gasteiger partial charge in [-0.3, -0.25) is 9.59 Å². The number of ketones is 2. The van der Waals surface area contributed by atoms with Crippen molar-refractivity contribution in [2.24, 2.45) is 0 Å². The number of aryl methyl sites for hydroxylation is 1. The minimum absolute atomic E-state index is 0.0394. The van der Waals surface area contributed by atoms with Gasteiger partial charge >= 0.3 is 11.9 Å². The first kappa shape index (κ1) is 39.3. The van der Waals surface area contributed by atoms with Crippen LogP contribution in [0, 0.1) is 13.8 Å². The average Bonchev–Trinajstić information content (AvgIpc) is 3.47. The van der Waals surface area contributed by atoms with Gasteiger partial charge in [0.1, 0.15) is 28.3 Å². The Labute approximate surface area is 286 Å². The topological polar surface area (TPSA) is 133 Å². The molecule has 0 bridgehead atoms. The summed E-state index contributed by atoms with van der Waals surface area (Å²) in [5, 5.41) is 1.52. The van der Waals surface area contributed by atoms with Crippen LogP contribution in [0.2, 0.25) is 0 Å². The maximum absolute atomic E-state index is 12.6. The van der Waals surface area contributed by atoms with Crippen LogP contribution >= 0.6 is 15.9 Å². The number of carbonyl (C=O) groups is 4. The van der Waals surface area contributed by atoms with E-state index in [0.717, 1.165) is 16.5 Å². The molecular formula is C36H49BrN4O6. The highest BCUT2D eigenvalue weighted by atomic mass is 79.9. The highest BCUT2D eigenvalue weighted by Gasteiger charge is 2.28. The smallest absolute Gasteiger partial charge is 0.341 e. The second kappa shape index (κ2) is 16.3. The number of hydrogen-bond acceptors (Lipinski definition) is 8. The number of Topliss-reactive ketones (excluding diaryl/α,β-unsaturated/α-hetero) is 2. The van der Waals surface area contributed by atoms with E-state index in [4.69, 9.17) is 9.47 Å². The van der Waals surface area contributed by atoms with Gasteiger partial charge in [0.25, 0.3) is 0 Å². The summed E-state index contributed by atoms with van der Waals surface area (Å²) in [5.41, 5.74) is 2.84. The minimum atomic E-state index is -0.578. The largest absolute Gasteiger partial charge is 0.456 e. The third-order valence-electron chi connectivity index (χ3n) is 6.97. The number of hydrogen-bond donors (Lipinski definition) is 1. The van der Waals surface area contributed by atoms with Gasteiger partial charge in [0.05, 0.1) is 22.0 Å². The van der Waals surface area contributed by atoms with Crippen molar-refractivity contribution in [1.82, 2.24) is 19.5 Å². The van der Waals surface area contributed by atoms with E-state index >= 15 is 0 Å². The zero-order chi connectivity index (χ0) is 35.9. The highest BCUT2D eigenvalue weighted by molar-refractivity contribution is 9.10. The molecule has 0 amide bonds. The molecule has 4 rings (SSSR count). The number of H-pyrrole nitrogens is 1. The second-order valence-corrected chi connectivity index (χ2v) is 14.5. The van der Waals surface area contributed by atoms with Gasteiger partial charge in [-0.15, -0.1) is 0 Å². The van der Waals surface area contributed by atoms with E-state index in [2.05, 4.69) is 30.9 Å². The Hall–Kier alpha value is -3.86. The Morgan fingerprint density at radius 3 is 1.77 bits per heavy atom. The lowest BCUT2D eigenvalue weighted by Gasteiger charge is -2.20. The fraction of sp³-hybridized carbons (Fsp3) is 0.500. The quantitative estimate of drug-likeness (QED) is 0.149. The fourth-order valence-corrected chi connectivity index (χ4v) is 5.10. The van der Waals surface area contributed by atoms with Gasteiger partial charge in [0, 0.05) is 47.4 Å². The number of aromatic amines is 1. The van der Waals surface area contributed by atoms with Gasteiger partial charge in [0.15, 0.2) is 5.78 Å². The van der Waals surface area contributed by atoms with Crippen molar-refractivity contribution in [3.8, 4) is 0 Å². The molecule has 1 N–H and O–H groups in total. The first-order valence-electron chi connectivity index (χ1n) is 15.8. The molecule has 4 aromatic rings. The third kappa shape index (κ3) is 10.6. The summed E-state index contributed by atoms with van der Waals surface area (Å²) < 4.78 is 12.7. The van der Waals surface area contributed by atoms with Crippen molar-refractivity contribution in [2.75, 3.05) is 0 Å². The fourth-order valence-electron chi connectivity index (χ4n) is 4.78. The van der Waals surface area contributed by atoms with Crippen LogP contribution in [0.25, 0.3) is 22.1 Å². The lowest BCUT2D eigenvalue weighted by atomic mass is 10.1. The van der Waals surface area contributed by atoms with Gasteiger partial charge < -0.3 is 19.0 Å². The van der Waals surface area contributed by atoms with E-state index in [9.17, 15) is 19.2 Å². The number of ether oxygens (including phenoxy) is 2. The van der Waals surface area contributed by atoms with Gasteiger partial charge in [-0.05, 0) is 93.5 Å². The number of halogens is 1. The molecule has 2 atom stereocenters. The van der Waals surface area contributed by atoms with Crippen molar-refractivity contribution in [3.05, 3.63) is 59.2 Å². The molecule has 4 aromatic heterocycles. The summed E-state index contributed by atoms with van der Waals surface area (Å²) in [6.45, 7) is 22.1. The molecule has 0 aliphatic rings. The first-order valence-corrected chi connectivity index (χ1v) is 16.7. The van der Waals surface area contributed by atoms with Crippen molar-refractivity contribution >= 4 is 61.5 Å². The normalized spacial score (nSPS) is 12.7. The monoisotopic (exact) mass is 712 g/mol. The maximum Gasteiger partial charge on any atom is 0.341 e. The lowest BCUT2D eigenvalue weighted by Crippen LogP contribution is -2.24. The van der Waals surface area contributed by atoms with Crippen molar-refractivity contribution in [1.29, 1.82) is 0 Å². The Bertz CT molecular complexity index is 1720. The predicted molar refractivity (Wildman–Crippen MR) is 189 cm³/mol. The predicted octanol–water partition coefficient (Wildman–Crippen LogP) is 8.42. The molecular weight excluding hydrogens is 664 g/mol. The number of carbonyl (C=O) groups excluding carboxylic acids is 4. The van der Waals surface area contributed by atoms with E-state index in [-0.39, 0.29) is 34.4 Å². The molecule has 10 nitrogen and oxygen atoms in total. The van der Waals surface area contributed by atoms with Crippen LogP contribution in [-0.4, -0.2) is 59.1 Å². The highest BCUT2D eigenvalue weighted by Crippen LogP contribution is 2.30. The SMILES string of the molecule is CCC(=O)C(C)Br.CCC(=O)C(C)n1c(C)c(C(=O)OC(C)(C)C)c2cccnc21.Cc1[nH]c2ncccc2c1C(=O)OC(C)(C)C. The lowest BCUT2D eigenvalue weighted by molar-refractivity contribution is -0.121. The van der Waals surface area contributed by atoms with E-state index < -0.39 is 11.2 Å². The summed E-state index contributed by atoms with van der Waals surface area (Å²) in [4.78, 5) is 59.0. The van der Waals surface area contributed by atoms with Gasteiger partial charge in [0.2, 0.25) is 0 Å². The Morgan fingerprint density at radius 2 is 1.30 bits per heavy atom. The van der Waals surface area contributed by atoms with E-state index in [1.54, 1.807) is 18.5 Å². The molecule has 2 unspecified atom stereocenters. The molecule has 0 radical (unpaired) electrons. The molecule has 11 heteroatoms. The first-order chi connectivity index (χ1) is 21.7. The Kier molecular flexibility index (Phi) is 13.6. The van der Waals surface area contributed by atoms with Crippen LogP contribution in [-0.2, 0) is 19.1 Å². The van der Waals surface area contributed by atoms with Crippen molar-refractivity contribution in [3.63, 3.8) is 0 Å². The molecule has 0 aromatic carbocycles. The van der Waals surface area contributed by atoms with Gasteiger partial charge in [-0.25, -0.2) is 19.6 Å². The number of aromatic nitrogens is 4. The molecule has 0 saturated heterocycles. The van der Waals surface area contributed by atoms with Gasteiger partial charge in [-0.1, -0.05) is 29.8 Å². The Balaban J connectivity index is 0.000000280. The van der Waals surface area contributed by atoms with E-state index in [1.807, 2.05) is 106 Å². The number of pyridine rings is 2. The van der Waals surface area contributed by atoms with Crippen LogP contribution in [0.5, 0.6) is 0 Å². The van der Waals surface area contributed by atoms with Crippen molar-refractivity contribution in [2.45, 2.75) is 118 Å². The summed E-state index contributed by atoms with van der Waals surface area (Å²) >= 11 is 3.15. The van der Waals surface area contributed by atoms with Crippen LogP contribution < -0.4 is 0 Å². The Morgan fingerprint density at radius 1 is 0.809 bits per heavy atom. The maximum atomic E-state index is 12.6. The molecule has 256 valence electrons. The number of rotatable bonds is 7. The summed E-state index contributed by atoms with van der Waals surface area (Å²) in [5.74, 6) is -0.330. The zero-order valence-corrected chi connectivity index (χ0v) is 31.3. The molecule has 47 heavy (non-hydrogen) atoms. The van der Waals surface area contributed by atoms with Crippen LogP contribution in [0.3, 0.4) is 0 Å². The van der Waals surface area contributed by atoms with Gasteiger partial charge in [-0.2, -0.15) is 0 Å². The van der Waals surface area contributed by atoms with Crippen LogP contribution in [0.15, 0.2) is 36.7 Å². The number of alkyl halides is 1. The van der Waals surface area contributed by atoms with E-state index in [0.29, 0.717) is 41.0 Å². The molecule has 0 aliphatic heterocycles. The average molecular weight is 714 g/mol. The second-order valence-electron chi connectivity index (χ2n) is 13.2. The molecule has 0 fully saturated rings. The molecule has 0 spiro atoms. The van der Waals surface area contributed by atoms with Crippen LogP contribution in [0.4, 0.5) is 0 Å². The standard InChI is InChI=1S/C18H24N2O3.C13H16N2O2.C5H9BrO/c1-7-14(21)11(2)20-12(3)15(17(22)23-18(4,5)6)13-9-8-10-19-16(13)20;1-8-10(12(16)17-13(2,3)4)9-6-5-7-14-11(9)15-8;1-3-5(7)4(2)6/h8-11H,7H2,1-6H3;5-7H,1-4H3,(H,14,15);4H,3H2,1-2H3. The zero-order valence-electron chi connectivity index (χ0n) is 29.7. The van der Waals surface area contributed by atoms with Crippen molar-refractivity contribution < 1.29 is 28.7 Å². The molecule has 0 saturated carbocycles. The number of esters is 2. The summed E-state index contributed by atoms with van der Waals surface area (Å²) in [6.07, 6.45) is 4.43.